The molecule has 0 aliphatic carbocycles. The van der Waals surface area contributed by atoms with Crippen molar-refractivity contribution in [2.75, 3.05) is 22.4 Å². The van der Waals surface area contributed by atoms with Crippen molar-refractivity contribution in [2.45, 2.75) is 6.42 Å². The minimum Gasteiger partial charge on any atom is -0.322 e. The molecular formula is C17H15N3O3S. The van der Waals surface area contributed by atoms with E-state index >= 15 is 0 Å². The highest BCUT2D eigenvalue weighted by molar-refractivity contribution is 7.92. The van der Waals surface area contributed by atoms with Crippen LogP contribution in [0.2, 0.25) is 0 Å². The van der Waals surface area contributed by atoms with Crippen molar-refractivity contribution in [3.8, 4) is 6.07 Å². The third kappa shape index (κ3) is 3.09. The molecule has 24 heavy (non-hydrogen) atoms. The summed E-state index contributed by atoms with van der Waals surface area (Å²) in [6, 6.07) is 13.6. The molecule has 6 nitrogen and oxygen atoms in total. The third-order valence-electron chi connectivity index (χ3n) is 3.84. The Kier molecular flexibility index (Phi) is 3.99. The van der Waals surface area contributed by atoms with Crippen molar-refractivity contribution in [3.63, 3.8) is 0 Å². The summed E-state index contributed by atoms with van der Waals surface area (Å²) in [5.41, 5.74) is 2.91. The molecule has 1 N–H and O–H groups in total. The summed E-state index contributed by atoms with van der Waals surface area (Å²) in [6.45, 7) is 0.392. The molecule has 0 radical (unpaired) electrons. The van der Waals surface area contributed by atoms with Gasteiger partial charge in [0.25, 0.3) is 5.91 Å². The predicted molar refractivity (Wildman–Crippen MR) is 91.4 cm³/mol. The molecule has 0 unspecified atom stereocenters. The standard InChI is InChI=1S/C17H15N3O3S/c1-24(22,23)20-8-7-13-10-14(5-6-16(13)20)17(21)19-15-4-2-3-12(9-15)11-18/h2-6,9-10H,7-8H2,1H3,(H,19,21). The predicted octanol–water partition coefficient (Wildman–Crippen LogP) is 2.13. The summed E-state index contributed by atoms with van der Waals surface area (Å²) in [4.78, 5) is 12.4. The molecule has 1 aliphatic heterocycles. The Morgan fingerprint density at radius 3 is 2.75 bits per heavy atom. The van der Waals surface area contributed by atoms with Crippen LogP contribution >= 0.6 is 0 Å². The van der Waals surface area contributed by atoms with Gasteiger partial charge in [-0.3, -0.25) is 9.10 Å². The fourth-order valence-corrected chi connectivity index (χ4v) is 3.69. The first-order valence-electron chi connectivity index (χ1n) is 7.30. The number of benzene rings is 2. The van der Waals surface area contributed by atoms with E-state index in [2.05, 4.69) is 5.32 Å². The lowest BCUT2D eigenvalue weighted by Crippen LogP contribution is -2.27. The smallest absolute Gasteiger partial charge is 0.255 e. The molecule has 7 heteroatoms. The second kappa shape index (κ2) is 5.98. The molecule has 1 amide bonds. The Balaban J connectivity index is 1.84. The van der Waals surface area contributed by atoms with Crippen LogP contribution in [0.5, 0.6) is 0 Å². The fraction of sp³-hybridized carbons (Fsp3) is 0.176. The number of fused-ring (bicyclic) bond motifs is 1. The Bertz CT molecular complexity index is 961. The average molecular weight is 341 g/mol. The number of carbonyl (C=O) groups excluding carboxylic acids is 1. The van der Waals surface area contributed by atoms with Crippen molar-refractivity contribution in [1.29, 1.82) is 5.26 Å². The highest BCUT2D eigenvalue weighted by Gasteiger charge is 2.26. The molecule has 0 atom stereocenters. The summed E-state index contributed by atoms with van der Waals surface area (Å²) in [7, 11) is -3.30. The van der Waals surface area contributed by atoms with Gasteiger partial charge in [-0.15, -0.1) is 0 Å². The van der Waals surface area contributed by atoms with Crippen LogP contribution in [-0.4, -0.2) is 27.1 Å². The SMILES string of the molecule is CS(=O)(=O)N1CCc2cc(C(=O)Nc3cccc(C#N)c3)ccc21. The minimum absolute atomic E-state index is 0.300. The number of sulfonamides is 1. The Labute approximate surface area is 140 Å². The molecule has 0 spiro atoms. The van der Waals surface area contributed by atoms with Crippen molar-refractivity contribution in [3.05, 3.63) is 59.2 Å². The molecular weight excluding hydrogens is 326 g/mol. The highest BCUT2D eigenvalue weighted by atomic mass is 32.2. The van der Waals surface area contributed by atoms with E-state index in [9.17, 15) is 13.2 Å². The maximum atomic E-state index is 12.4. The zero-order chi connectivity index (χ0) is 17.3. The molecule has 0 aromatic heterocycles. The van der Waals surface area contributed by atoms with E-state index in [1.54, 1.807) is 42.5 Å². The van der Waals surface area contributed by atoms with Gasteiger partial charge in [0.1, 0.15) is 0 Å². The minimum atomic E-state index is -3.30. The largest absolute Gasteiger partial charge is 0.322 e. The normalized spacial score (nSPS) is 13.2. The molecule has 0 saturated heterocycles. The van der Waals surface area contributed by atoms with Gasteiger partial charge in [-0.2, -0.15) is 5.26 Å². The molecule has 0 fully saturated rings. The quantitative estimate of drug-likeness (QED) is 0.926. The van der Waals surface area contributed by atoms with E-state index in [4.69, 9.17) is 5.26 Å². The summed E-state index contributed by atoms with van der Waals surface area (Å²) < 4.78 is 24.8. The zero-order valence-corrected chi connectivity index (χ0v) is 13.8. The monoisotopic (exact) mass is 341 g/mol. The molecule has 1 aliphatic rings. The van der Waals surface area contributed by atoms with Crippen LogP contribution in [0.3, 0.4) is 0 Å². The van der Waals surface area contributed by atoms with Crippen LogP contribution < -0.4 is 9.62 Å². The number of amides is 1. The number of nitrogens with one attached hydrogen (secondary N) is 1. The molecule has 2 aromatic carbocycles. The van der Waals surface area contributed by atoms with Gasteiger partial charge in [-0.25, -0.2) is 8.42 Å². The van der Waals surface area contributed by atoms with Crippen LogP contribution in [0.15, 0.2) is 42.5 Å². The van der Waals surface area contributed by atoms with Crippen molar-refractivity contribution in [2.24, 2.45) is 0 Å². The third-order valence-corrected chi connectivity index (χ3v) is 5.02. The van der Waals surface area contributed by atoms with E-state index in [0.717, 1.165) is 5.56 Å². The van der Waals surface area contributed by atoms with E-state index in [0.29, 0.717) is 35.5 Å². The number of rotatable bonds is 3. The average Bonchev–Trinajstić information content (AvgIpc) is 2.98. The lowest BCUT2D eigenvalue weighted by molar-refractivity contribution is 0.102. The lowest BCUT2D eigenvalue weighted by atomic mass is 10.1. The first-order chi connectivity index (χ1) is 11.4. The van der Waals surface area contributed by atoms with Crippen molar-refractivity contribution < 1.29 is 13.2 Å². The fourth-order valence-electron chi connectivity index (χ4n) is 2.73. The van der Waals surface area contributed by atoms with Gasteiger partial charge in [0.15, 0.2) is 0 Å². The van der Waals surface area contributed by atoms with Crippen LogP contribution in [0.1, 0.15) is 21.5 Å². The lowest BCUT2D eigenvalue weighted by Gasteiger charge is -2.16. The summed E-state index contributed by atoms with van der Waals surface area (Å²) in [5.74, 6) is -0.300. The summed E-state index contributed by atoms with van der Waals surface area (Å²) in [5, 5.41) is 11.6. The van der Waals surface area contributed by atoms with Gasteiger partial charge in [0.05, 0.1) is 23.6 Å². The van der Waals surface area contributed by atoms with Gasteiger partial charge in [-0.1, -0.05) is 6.07 Å². The highest BCUT2D eigenvalue weighted by Crippen LogP contribution is 2.30. The Morgan fingerprint density at radius 2 is 2.04 bits per heavy atom. The van der Waals surface area contributed by atoms with Crippen LogP contribution in [0.25, 0.3) is 0 Å². The van der Waals surface area contributed by atoms with Crippen molar-refractivity contribution in [1.82, 2.24) is 0 Å². The number of nitrogens with zero attached hydrogens (tertiary/aromatic N) is 2. The van der Waals surface area contributed by atoms with E-state index in [-0.39, 0.29) is 5.91 Å². The first kappa shape index (κ1) is 16.0. The Morgan fingerprint density at radius 1 is 1.25 bits per heavy atom. The van der Waals surface area contributed by atoms with E-state index in [1.165, 1.54) is 10.6 Å². The number of carbonyl (C=O) groups is 1. The first-order valence-corrected chi connectivity index (χ1v) is 9.15. The maximum absolute atomic E-state index is 12.4. The second-order valence-electron chi connectivity index (χ2n) is 5.58. The second-order valence-corrected chi connectivity index (χ2v) is 7.48. The van der Waals surface area contributed by atoms with Gasteiger partial charge < -0.3 is 5.32 Å². The van der Waals surface area contributed by atoms with Crippen molar-refractivity contribution >= 4 is 27.3 Å². The Hall–Kier alpha value is -2.85. The van der Waals surface area contributed by atoms with Gasteiger partial charge >= 0.3 is 0 Å². The maximum Gasteiger partial charge on any atom is 0.255 e. The molecule has 3 rings (SSSR count). The molecule has 122 valence electrons. The topological polar surface area (TPSA) is 90.3 Å². The molecule has 0 bridgehead atoms. The van der Waals surface area contributed by atoms with Gasteiger partial charge in [0.2, 0.25) is 10.0 Å². The van der Waals surface area contributed by atoms with Gasteiger partial charge in [-0.05, 0) is 48.4 Å². The number of hydrogen-bond donors (Lipinski definition) is 1. The molecule has 1 heterocycles. The van der Waals surface area contributed by atoms with E-state index < -0.39 is 10.0 Å². The number of nitriles is 1. The van der Waals surface area contributed by atoms with E-state index in [1.807, 2.05) is 6.07 Å². The zero-order valence-electron chi connectivity index (χ0n) is 13.0. The number of anilines is 2. The van der Waals surface area contributed by atoms with Crippen LogP contribution in [0.4, 0.5) is 11.4 Å². The summed E-state index contributed by atoms with van der Waals surface area (Å²) in [6.07, 6.45) is 1.75. The molecule has 2 aromatic rings. The van der Waals surface area contributed by atoms with Crippen LogP contribution in [-0.2, 0) is 16.4 Å². The van der Waals surface area contributed by atoms with Gasteiger partial charge in [0, 0.05) is 17.8 Å². The summed E-state index contributed by atoms with van der Waals surface area (Å²) >= 11 is 0. The van der Waals surface area contributed by atoms with Crippen LogP contribution in [0, 0.1) is 11.3 Å². The molecule has 0 saturated carbocycles. The number of hydrogen-bond acceptors (Lipinski definition) is 4.